The molecule has 20 heavy (non-hydrogen) atoms. The third-order valence-corrected chi connectivity index (χ3v) is 5.18. The van der Waals surface area contributed by atoms with Gasteiger partial charge in [-0.15, -0.1) is 22.7 Å². The van der Waals surface area contributed by atoms with Gasteiger partial charge in [-0.1, -0.05) is 6.07 Å². The molecule has 0 aromatic carbocycles. The van der Waals surface area contributed by atoms with Crippen molar-refractivity contribution in [1.82, 2.24) is 9.88 Å². The Morgan fingerprint density at radius 3 is 2.90 bits per heavy atom. The maximum atomic E-state index is 11.4. The van der Waals surface area contributed by atoms with Crippen LogP contribution in [0.2, 0.25) is 0 Å². The lowest BCUT2D eigenvalue weighted by Gasteiger charge is -2.25. The van der Waals surface area contributed by atoms with Crippen LogP contribution in [0.1, 0.15) is 15.4 Å². The van der Waals surface area contributed by atoms with Crippen LogP contribution >= 0.6 is 22.7 Å². The van der Waals surface area contributed by atoms with E-state index in [2.05, 4.69) is 9.88 Å². The van der Waals surface area contributed by atoms with Gasteiger partial charge in [0.05, 0.1) is 23.0 Å². The number of carboxylic acids is 1. The molecule has 1 fully saturated rings. The Kier molecular flexibility index (Phi) is 4.11. The Bertz CT molecular complexity index is 589. The first-order valence-electron chi connectivity index (χ1n) is 6.31. The summed E-state index contributed by atoms with van der Waals surface area (Å²) in [5, 5.41) is 12.1. The maximum Gasteiger partial charge on any atom is 0.355 e. The summed E-state index contributed by atoms with van der Waals surface area (Å²) in [6.07, 6.45) is 0. The molecule has 1 saturated heterocycles. The Labute approximate surface area is 124 Å². The minimum absolute atomic E-state index is 0.185. The Morgan fingerprint density at radius 1 is 1.45 bits per heavy atom. The summed E-state index contributed by atoms with van der Waals surface area (Å²) in [7, 11) is 0. The van der Waals surface area contributed by atoms with Crippen molar-refractivity contribution in [1.29, 1.82) is 0 Å². The number of morpholine rings is 1. The number of aromatic nitrogens is 1. The van der Waals surface area contributed by atoms with Crippen molar-refractivity contribution in [3.8, 4) is 9.88 Å². The highest BCUT2D eigenvalue weighted by Gasteiger charge is 2.21. The van der Waals surface area contributed by atoms with Gasteiger partial charge in [0.15, 0.2) is 5.69 Å². The van der Waals surface area contributed by atoms with Crippen LogP contribution in [0.5, 0.6) is 0 Å². The normalized spacial score (nSPS) is 16.4. The molecule has 1 N–H and O–H groups in total. The van der Waals surface area contributed by atoms with Gasteiger partial charge in [-0.3, -0.25) is 4.90 Å². The van der Waals surface area contributed by atoms with E-state index < -0.39 is 5.97 Å². The topological polar surface area (TPSA) is 62.7 Å². The lowest BCUT2D eigenvalue weighted by atomic mass is 10.3. The van der Waals surface area contributed by atoms with Crippen molar-refractivity contribution in [2.45, 2.75) is 6.54 Å². The number of hydrogen-bond donors (Lipinski definition) is 1. The van der Waals surface area contributed by atoms with Gasteiger partial charge in [-0.2, -0.15) is 0 Å². The van der Waals surface area contributed by atoms with Crippen LogP contribution in [-0.4, -0.2) is 47.3 Å². The average Bonchev–Trinajstić information content (AvgIpc) is 3.08. The molecule has 0 saturated carbocycles. The van der Waals surface area contributed by atoms with Gasteiger partial charge in [-0.25, -0.2) is 9.78 Å². The molecule has 106 valence electrons. The predicted molar refractivity (Wildman–Crippen MR) is 78.5 cm³/mol. The summed E-state index contributed by atoms with van der Waals surface area (Å²) >= 11 is 3.05. The molecule has 0 amide bonds. The number of aromatic carboxylic acids is 1. The van der Waals surface area contributed by atoms with Gasteiger partial charge >= 0.3 is 5.97 Å². The number of thiazole rings is 1. The largest absolute Gasteiger partial charge is 0.476 e. The number of rotatable bonds is 4. The standard InChI is InChI=1S/C13H14N2O3S2/c16-13(17)11-10(8-15-3-5-18-6-4-15)20-12(14-11)9-2-1-7-19-9/h1-2,7H,3-6,8H2,(H,16,17). The molecule has 0 aliphatic carbocycles. The molecular weight excluding hydrogens is 296 g/mol. The van der Waals surface area contributed by atoms with Crippen molar-refractivity contribution in [3.05, 3.63) is 28.1 Å². The zero-order chi connectivity index (χ0) is 13.9. The zero-order valence-electron chi connectivity index (χ0n) is 10.7. The van der Waals surface area contributed by atoms with Crippen molar-refractivity contribution in [2.75, 3.05) is 26.3 Å². The summed E-state index contributed by atoms with van der Waals surface area (Å²) in [5.74, 6) is -0.952. The first-order chi connectivity index (χ1) is 9.74. The van der Waals surface area contributed by atoms with Crippen LogP contribution in [0.15, 0.2) is 17.5 Å². The van der Waals surface area contributed by atoms with Gasteiger partial charge in [-0.05, 0) is 11.4 Å². The van der Waals surface area contributed by atoms with E-state index in [9.17, 15) is 9.90 Å². The van der Waals surface area contributed by atoms with Crippen LogP contribution in [-0.2, 0) is 11.3 Å². The van der Waals surface area contributed by atoms with Gasteiger partial charge in [0, 0.05) is 19.6 Å². The van der Waals surface area contributed by atoms with Crippen LogP contribution in [0, 0.1) is 0 Å². The predicted octanol–water partition coefficient (Wildman–Crippen LogP) is 2.40. The van der Waals surface area contributed by atoms with Crippen LogP contribution in [0.25, 0.3) is 9.88 Å². The fourth-order valence-electron chi connectivity index (χ4n) is 2.09. The highest BCUT2D eigenvalue weighted by molar-refractivity contribution is 7.21. The zero-order valence-corrected chi connectivity index (χ0v) is 12.4. The van der Waals surface area contributed by atoms with E-state index in [-0.39, 0.29) is 5.69 Å². The van der Waals surface area contributed by atoms with Crippen molar-refractivity contribution >= 4 is 28.6 Å². The van der Waals surface area contributed by atoms with E-state index in [1.807, 2.05) is 17.5 Å². The van der Waals surface area contributed by atoms with Gasteiger partial charge in [0.25, 0.3) is 0 Å². The maximum absolute atomic E-state index is 11.4. The fraction of sp³-hybridized carbons (Fsp3) is 0.385. The molecule has 0 atom stereocenters. The molecule has 2 aromatic rings. The number of carboxylic acid groups (broad SMARTS) is 1. The molecule has 0 unspecified atom stereocenters. The van der Waals surface area contributed by atoms with Crippen molar-refractivity contribution < 1.29 is 14.6 Å². The van der Waals surface area contributed by atoms with Crippen LogP contribution in [0.4, 0.5) is 0 Å². The fourth-order valence-corrected chi connectivity index (χ4v) is 3.99. The second-order valence-corrected chi connectivity index (χ2v) is 6.49. The lowest BCUT2D eigenvalue weighted by Crippen LogP contribution is -2.35. The molecule has 5 nitrogen and oxygen atoms in total. The highest BCUT2D eigenvalue weighted by atomic mass is 32.1. The van der Waals surface area contributed by atoms with Crippen molar-refractivity contribution in [2.24, 2.45) is 0 Å². The highest BCUT2D eigenvalue weighted by Crippen LogP contribution is 2.32. The molecule has 3 rings (SSSR count). The SMILES string of the molecule is O=C(O)c1nc(-c2cccs2)sc1CN1CCOCC1. The minimum Gasteiger partial charge on any atom is -0.476 e. The molecule has 0 spiro atoms. The molecule has 0 bridgehead atoms. The monoisotopic (exact) mass is 310 g/mol. The van der Waals surface area contributed by atoms with Gasteiger partial charge in [0.2, 0.25) is 0 Å². The molecular formula is C13H14N2O3S2. The van der Waals surface area contributed by atoms with Gasteiger partial charge in [0.1, 0.15) is 5.01 Å². The second-order valence-electron chi connectivity index (χ2n) is 4.46. The molecule has 1 aliphatic rings. The summed E-state index contributed by atoms with van der Waals surface area (Å²) < 4.78 is 5.31. The summed E-state index contributed by atoms with van der Waals surface area (Å²) in [6.45, 7) is 3.72. The number of carbonyl (C=O) groups is 1. The van der Waals surface area contributed by atoms with E-state index >= 15 is 0 Å². The third kappa shape index (κ3) is 2.90. The minimum atomic E-state index is -0.952. The van der Waals surface area contributed by atoms with E-state index in [4.69, 9.17) is 4.74 Å². The summed E-state index contributed by atoms with van der Waals surface area (Å²) in [4.78, 5) is 19.7. The smallest absolute Gasteiger partial charge is 0.355 e. The quantitative estimate of drug-likeness (QED) is 0.939. The lowest BCUT2D eigenvalue weighted by molar-refractivity contribution is 0.0343. The summed E-state index contributed by atoms with van der Waals surface area (Å²) in [6, 6.07) is 3.91. The number of nitrogens with zero attached hydrogens (tertiary/aromatic N) is 2. The third-order valence-electron chi connectivity index (χ3n) is 3.10. The Hall–Kier alpha value is -1.28. The van der Waals surface area contributed by atoms with Crippen LogP contribution < -0.4 is 0 Å². The van der Waals surface area contributed by atoms with E-state index in [0.717, 1.165) is 27.9 Å². The van der Waals surface area contributed by atoms with Crippen molar-refractivity contribution in [3.63, 3.8) is 0 Å². The van der Waals surface area contributed by atoms with E-state index in [0.29, 0.717) is 19.8 Å². The summed E-state index contributed by atoms with van der Waals surface area (Å²) in [5.41, 5.74) is 0.185. The Morgan fingerprint density at radius 2 is 2.25 bits per heavy atom. The molecule has 2 aromatic heterocycles. The first-order valence-corrected chi connectivity index (χ1v) is 8.00. The number of ether oxygens (including phenoxy) is 1. The van der Waals surface area contributed by atoms with Gasteiger partial charge < -0.3 is 9.84 Å². The van der Waals surface area contributed by atoms with E-state index in [1.165, 1.54) is 11.3 Å². The molecule has 1 aliphatic heterocycles. The van der Waals surface area contributed by atoms with E-state index in [1.54, 1.807) is 11.3 Å². The average molecular weight is 310 g/mol. The second kappa shape index (κ2) is 6.01. The number of thiophene rings is 1. The van der Waals surface area contributed by atoms with Crippen LogP contribution in [0.3, 0.4) is 0 Å². The molecule has 3 heterocycles. The molecule has 7 heteroatoms. The molecule has 0 radical (unpaired) electrons. The number of hydrogen-bond acceptors (Lipinski definition) is 6. The first kappa shape index (κ1) is 13.7. The Balaban J connectivity index is 1.86.